The number of aromatic nitrogens is 8. The van der Waals surface area contributed by atoms with Gasteiger partial charge in [-0.1, -0.05) is 0 Å². The van der Waals surface area contributed by atoms with Crippen LogP contribution in [0.3, 0.4) is 0 Å². The van der Waals surface area contributed by atoms with Crippen molar-refractivity contribution in [2.75, 3.05) is 31.5 Å². The van der Waals surface area contributed by atoms with Crippen LogP contribution in [0.1, 0.15) is 33.2 Å². The average molecular weight is 711 g/mol. The van der Waals surface area contributed by atoms with Gasteiger partial charge < -0.3 is 50.6 Å². The first-order chi connectivity index (χ1) is 23.2. The number of nitrogen functional groups attached to an aromatic ring is 2. The van der Waals surface area contributed by atoms with Crippen LogP contribution in [0.2, 0.25) is 0 Å². The molecule has 2 saturated heterocycles. The minimum absolute atomic E-state index is 0.0474. The van der Waals surface area contributed by atoms with Gasteiger partial charge in [0.05, 0.1) is 31.3 Å². The topological polar surface area (TPSA) is 310 Å². The molecule has 0 saturated carbocycles. The molecule has 49 heavy (non-hydrogen) atoms. The van der Waals surface area contributed by atoms with E-state index in [2.05, 4.69) is 29.9 Å². The molecule has 0 amide bonds. The fourth-order valence-electron chi connectivity index (χ4n) is 5.34. The zero-order valence-corrected chi connectivity index (χ0v) is 27.2. The Morgan fingerprint density at radius 1 is 0.898 bits per heavy atom. The molecule has 0 spiro atoms. The molecule has 6 rings (SSSR count). The van der Waals surface area contributed by atoms with Crippen molar-refractivity contribution in [1.29, 1.82) is 0 Å². The summed E-state index contributed by atoms with van der Waals surface area (Å²) in [6, 6.07) is 0. The van der Waals surface area contributed by atoms with E-state index in [4.69, 9.17) is 39.5 Å². The van der Waals surface area contributed by atoms with Gasteiger partial charge in [0, 0.05) is 0 Å². The van der Waals surface area contributed by atoms with Crippen LogP contribution < -0.4 is 11.5 Å². The van der Waals surface area contributed by atoms with Crippen LogP contribution in [0.15, 0.2) is 25.3 Å². The fourth-order valence-corrected chi connectivity index (χ4v) is 6.26. The second kappa shape index (κ2) is 13.4. The smallest absolute Gasteiger partial charge is 0.438 e. The second-order valence-electron chi connectivity index (χ2n) is 12.2. The van der Waals surface area contributed by atoms with E-state index in [0.29, 0.717) is 0 Å². The molecule has 2 aliphatic heterocycles. The SMILES string of the molecule is CC(C)(C)C(=O)OCOC1C(OP(=O)(O)OC[C@H]2O[C@@H](n3cnc4c(N)ncnc43)C(O)C2O)[C@H](n2cnc3c(N)ncnc32)O[C@@H]1CO. The molecule has 6 heterocycles. The number of phosphoric acid groups is 1. The molecule has 4 aromatic rings. The van der Waals surface area contributed by atoms with E-state index in [0.717, 1.165) is 0 Å². The normalized spacial score (nSPS) is 28.7. The van der Waals surface area contributed by atoms with Crippen molar-refractivity contribution in [3.8, 4) is 0 Å². The lowest BCUT2D eigenvalue weighted by atomic mass is 9.98. The predicted octanol–water partition coefficient (Wildman–Crippen LogP) is -1.23. The van der Waals surface area contributed by atoms with Crippen molar-refractivity contribution >= 4 is 47.8 Å². The highest BCUT2D eigenvalue weighted by atomic mass is 31.2. The molecule has 5 unspecified atom stereocenters. The number of aliphatic hydroxyl groups is 3. The molecule has 2 aliphatic rings. The summed E-state index contributed by atoms with van der Waals surface area (Å²) < 4.78 is 49.7. The Morgan fingerprint density at radius 2 is 1.47 bits per heavy atom. The Morgan fingerprint density at radius 3 is 2.04 bits per heavy atom. The van der Waals surface area contributed by atoms with Crippen LogP contribution in [0.4, 0.5) is 11.6 Å². The molecular weight excluding hydrogens is 675 g/mol. The monoisotopic (exact) mass is 710 g/mol. The van der Waals surface area contributed by atoms with E-state index in [1.807, 2.05) is 0 Å². The third-order valence-electron chi connectivity index (χ3n) is 7.84. The Hall–Kier alpha value is -3.96. The Bertz CT molecular complexity index is 1870. The van der Waals surface area contributed by atoms with Gasteiger partial charge in [0.2, 0.25) is 0 Å². The lowest BCUT2D eigenvalue weighted by molar-refractivity contribution is -0.176. The van der Waals surface area contributed by atoms with Gasteiger partial charge in [0.25, 0.3) is 0 Å². The molecule has 4 aromatic heterocycles. The van der Waals surface area contributed by atoms with E-state index in [1.165, 1.54) is 34.4 Å². The van der Waals surface area contributed by atoms with Gasteiger partial charge in [-0.25, -0.2) is 34.5 Å². The molecule has 23 heteroatoms. The first-order valence-corrected chi connectivity index (χ1v) is 16.3. The largest absolute Gasteiger partial charge is 0.472 e. The summed E-state index contributed by atoms with van der Waals surface area (Å²) >= 11 is 0. The van der Waals surface area contributed by atoms with E-state index >= 15 is 0 Å². The van der Waals surface area contributed by atoms with E-state index in [-0.39, 0.29) is 34.0 Å². The maximum Gasteiger partial charge on any atom is 0.472 e. The van der Waals surface area contributed by atoms with Gasteiger partial charge in [-0.2, -0.15) is 0 Å². The number of carbonyl (C=O) groups is 1. The van der Waals surface area contributed by atoms with Gasteiger partial charge in [-0.05, 0) is 20.8 Å². The number of imidazole rings is 2. The van der Waals surface area contributed by atoms with Crippen LogP contribution in [-0.4, -0.2) is 122 Å². The molecule has 266 valence electrons. The second-order valence-corrected chi connectivity index (χ2v) is 13.6. The summed E-state index contributed by atoms with van der Waals surface area (Å²) in [5.41, 5.74) is 11.7. The summed E-state index contributed by atoms with van der Waals surface area (Å²) in [7, 11) is -5.10. The lowest BCUT2D eigenvalue weighted by Gasteiger charge is -2.27. The maximum atomic E-state index is 13.5. The zero-order chi connectivity index (χ0) is 35.2. The summed E-state index contributed by atoms with van der Waals surface area (Å²) in [4.78, 5) is 47.6. The maximum absolute atomic E-state index is 13.5. The molecule has 22 nitrogen and oxygen atoms in total. The number of anilines is 2. The molecule has 2 fully saturated rings. The van der Waals surface area contributed by atoms with E-state index < -0.39 is 88.3 Å². The number of ether oxygens (including phenoxy) is 4. The van der Waals surface area contributed by atoms with Crippen molar-refractivity contribution in [3.05, 3.63) is 25.3 Å². The number of rotatable bonds is 11. The van der Waals surface area contributed by atoms with Crippen LogP contribution in [0.25, 0.3) is 22.3 Å². The van der Waals surface area contributed by atoms with Crippen LogP contribution in [-0.2, 0) is 37.4 Å². The molecular formula is C26H35N10O12P. The summed E-state index contributed by atoms with van der Waals surface area (Å²) in [5.74, 6) is -0.465. The van der Waals surface area contributed by atoms with Gasteiger partial charge in [0.1, 0.15) is 60.3 Å². The van der Waals surface area contributed by atoms with Crippen molar-refractivity contribution in [2.24, 2.45) is 5.41 Å². The number of hydrogen-bond donors (Lipinski definition) is 6. The fraction of sp³-hybridized carbons (Fsp3) is 0.577. The molecule has 9 atom stereocenters. The standard InChI is InChI=1S/C26H35N10O12P/c1-26(2,3)25(40)44-10-43-17-11(4-37)46-24(36-9-34-14-20(28)30-7-32-22(14)36)18(17)48-49(41,42)45-5-12-15(38)16(39)23(47-12)35-8-33-13-19(27)29-6-31-21(13)35/h6-9,11-12,15-18,23-24,37-39H,4-5,10H2,1-3H3,(H,41,42)(H2,27,29,31)(H2,28,30,32)/t11-,12-,15?,16?,17?,18?,23-,24-/m1/s1. The number of fused-ring (bicyclic) bond motifs is 2. The summed E-state index contributed by atoms with van der Waals surface area (Å²) in [5, 5.41) is 31.6. The number of nitrogens with two attached hydrogens (primary N) is 2. The highest BCUT2D eigenvalue weighted by molar-refractivity contribution is 7.47. The van der Waals surface area contributed by atoms with Crippen molar-refractivity contribution in [2.45, 2.75) is 69.9 Å². The molecule has 0 radical (unpaired) electrons. The van der Waals surface area contributed by atoms with Crippen LogP contribution in [0, 0.1) is 5.41 Å². The van der Waals surface area contributed by atoms with Gasteiger partial charge >= 0.3 is 13.8 Å². The first kappa shape index (κ1) is 34.9. The van der Waals surface area contributed by atoms with Crippen LogP contribution in [0.5, 0.6) is 0 Å². The number of carbonyl (C=O) groups excluding carboxylic acids is 1. The Kier molecular flexibility index (Phi) is 9.54. The quantitative estimate of drug-likeness (QED) is 0.0603. The number of aliphatic hydroxyl groups excluding tert-OH is 3. The third-order valence-corrected chi connectivity index (χ3v) is 8.83. The predicted molar refractivity (Wildman–Crippen MR) is 162 cm³/mol. The highest BCUT2D eigenvalue weighted by Crippen LogP contribution is 2.50. The van der Waals surface area contributed by atoms with Gasteiger partial charge in [-0.3, -0.25) is 23.0 Å². The minimum atomic E-state index is -5.10. The minimum Gasteiger partial charge on any atom is -0.438 e. The Balaban J connectivity index is 1.21. The van der Waals surface area contributed by atoms with E-state index in [9.17, 15) is 29.6 Å². The van der Waals surface area contributed by atoms with Gasteiger partial charge in [-0.15, -0.1) is 0 Å². The van der Waals surface area contributed by atoms with Crippen molar-refractivity contribution in [3.63, 3.8) is 0 Å². The number of esters is 1. The summed E-state index contributed by atoms with van der Waals surface area (Å²) in [6.45, 7) is 2.91. The van der Waals surface area contributed by atoms with Crippen molar-refractivity contribution in [1.82, 2.24) is 39.0 Å². The number of phosphoric ester groups is 1. The number of hydrogen-bond acceptors (Lipinski definition) is 19. The van der Waals surface area contributed by atoms with Crippen molar-refractivity contribution < 1.29 is 57.6 Å². The third kappa shape index (κ3) is 6.79. The van der Waals surface area contributed by atoms with Crippen LogP contribution >= 0.6 is 7.82 Å². The lowest BCUT2D eigenvalue weighted by Crippen LogP contribution is -2.39. The Labute approximate surface area is 276 Å². The summed E-state index contributed by atoms with van der Waals surface area (Å²) in [6.07, 6.45) is -6.06. The molecule has 8 N–H and O–H groups in total. The average Bonchev–Trinajstić information content (AvgIpc) is 3.81. The molecule has 0 bridgehead atoms. The molecule has 0 aromatic carbocycles. The first-order valence-electron chi connectivity index (χ1n) is 14.8. The highest BCUT2D eigenvalue weighted by Gasteiger charge is 2.52. The van der Waals surface area contributed by atoms with E-state index in [1.54, 1.807) is 20.8 Å². The van der Waals surface area contributed by atoms with Gasteiger partial charge in [0.15, 0.2) is 42.2 Å². The molecule has 0 aliphatic carbocycles. The number of nitrogens with zero attached hydrogens (tertiary/aromatic N) is 8. The zero-order valence-electron chi connectivity index (χ0n) is 26.3.